The Balaban J connectivity index is 1.66. The Bertz CT molecular complexity index is 703. The SMILES string of the molecule is O=C(Cc1ccc(-c2ccccc2)cc1)Nc1ccsc1. The average molecular weight is 293 g/mol. The predicted molar refractivity (Wildman–Crippen MR) is 88.5 cm³/mol. The van der Waals surface area contributed by atoms with Crippen LogP contribution >= 0.6 is 11.3 Å². The number of hydrogen-bond acceptors (Lipinski definition) is 2. The van der Waals surface area contributed by atoms with Crippen LogP contribution in [0.25, 0.3) is 11.1 Å². The van der Waals surface area contributed by atoms with Crippen LogP contribution in [0.4, 0.5) is 5.69 Å². The minimum absolute atomic E-state index is 0.0147. The van der Waals surface area contributed by atoms with Crippen LogP contribution < -0.4 is 5.32 Å². The van der Waals surface area contributed by atoms with Gasteiger partial charge in [-0.25, -0.2) is 0 Å². The van der Waals surface area contributed by atoms with Crippen molar-refractivity contribution in [3.8, 4) is 11.1 Å². The van der Waals surface area contributed by atoms with E-state index in [-0.39, 0.29) is 5.91 Å². The van der Waals surface area contributed by atoms with E-state index in [1.807, 2.05) is 47.2 Å². The molecular formula is C18H15NOS. The summed E-state index contributed by atoms with van der Waals surface area (Å²) in [6, 6.07) is 20.3. The summed E-state index contributed by atoms with van der Waals surface area (Å²) in [5, 5.41) is 6.76. The first-order valence-electron chi connectivity index (χ1n) is 6.78. The zero-order valence-corrected chi connectivity index (χ0v) is 12.3. The normalized spacial score (nSPS) is 10.3. The van der Waals surface area contributed by atoms with E-state index in [9.17, 15) is 4.79 Å². The molecule has 0 atom stereocenters. The van der Waals surface area contributed by atoms with E-state index in [1.165, 1.54) is 5.56 Å². The molecule has 3 aromatic rings. The summed E-state index contributed by atoms with van der Waals surface area (Å²) in [5.74, 6) is 0.0147. The Morgan fingerprint density at radius 3 is 2.29 bits per heavy atom. The Morgan fingerprint density at radius 1 is 0.905 bits per heavy atom. The van der Waals surface area contributed by atoms with Crippen molar-refractivity contribution in [1.82, 2.24) is 0 Å². The molecule has 104 valence electrons. The fourth-order valence-electron chi connectivity index (χ4n) is 2.17. The standard InChI is InChI=1S/C18H15NOS/c20-18(19-17-10-11-21-13-17)12-14-6-8-16(9-7-14)15-4-2-1-3-5-15/h1-11,13H,12H2,(H,19,20). The van der Waals surface area contributed by atoms with Gasteiger partial charge in [0.1, 0.15) is 0 Å². The Morgan fingerprint density at radius 2 is 1.62 bits per heavy atom. The summed E-state index contributed by atoms with van der Waals surface area (Å²) >= 11 is 1.57. The van der Waals surface area contributed by atoms with Gasteiger partial charge in [0.25, 0.3) is 0 Å². The van der Waals surface area contributed by atoms with Gasteiger partial charge in [0.15, 0.2) is 0 Å². The van der Waals surface area contributed by atoms with Crippen LogP contribution in [0.2, 0.25) is 0 Å². The number of carbonyl (C=O) groups excluding carboxylic acids is 1. The molecule has 0 aliphatic rings. The number of anilines is 1. The summed E-state index contributed by atoms with van der Waals surface area (Å²) in [5.41, 5.74) is 4.23. The van der Waals surface area contributed by atoms with E-state index < -0.39 is 0 Å². The van der Waals surface area contributed by atoms with Gasteiger partial charge in [0, 0.05) is 5.38 Å². The van der Waals surface area contributed by atoms with E-state index in [1.54, 1.807) is 11.3 Å². The number of carbonyl (C=O) groups is 1. The predicted octanol–water partition coefficient (Wildman–Crippen LogP) is 4.60. The van der Waals surface area contributed by atoms with Gasteiger partial charge in [0.05, 0.1) is 12.1 Å². The van der Waals surface area contributed by atoms with Crippen LogP contribution in [0.15, 0.2) is 71.4 Å². The van der Waals surface area contributed by atoms with E-state index in [2.05, 4.69) is 29.6 Å². The highest BCUT2D eigenvalue weighted by atomic mass is 32.1. The number of hydrogen-bond donors (Lipinski definition) is 1. The van der Waals surface area contributed by atoms with Gasteiger partial charge >= 0.3 is 0 Å². The number of benzene rings is 2. The van der Waals surface area contributed by atoms with Crippen molar-refractivity contribution in [3.05, 3.63) is 77.0 Å². The molecular weight excluding hydrogens is 278 g/mol. The molecule has 0 saturated carbocycles. The summed E-state index contributed by atoms with van der Waals surface area (Å²) < 4.78 is 0. The maximum absolute atomic E-state index is 11.9. The van der Waals surface area contributed by atoms with Gasteiger partial charge in [-0.3, -0.25) is 4.79 Å². The molecule has 0 fully saturated rings. The molecule has 2 nitrogen and oxygen atoms in total. The molecule has 1 N–H and O–H groups in total. The number of thiophene rings is 1. The molecule has 1 amide bonds. The third-order valence-corrected chi connectivity index (χ3v) is 3.91. The molecule has 0 bridgehead atoms. The van der Waals surface area contributed by atoms with Crippen LogP contribution in [-0.2, 0) is 11.2 Å². The molecule has 1 heterocycles. The molecule has 3 rings (SSSR count). The van der Waals surface area contributed by atoms with E-state index in [0.29, 0.717) is 6.42 Å². The van der Waals surface area contributed by atoms with Crippen LogP contribution in [0, 0.1) is 0 Å². The summed E-state index contributed by atoms with van der Waals surface area (Å²) in [4.78, 5) is 11.9. The zero-order chi connectivity index (χ0) is 14.5. The smallest absolute Gasteiger partial charge is 0.228 e. The second-order valence-corrected chi connectivity index (χ2v) is 5.58. The minimum atomic E-state index is 0.0147. The van der Waals surface area contributed by atoms with Crippen molar-refractivity contribution < 1.29 is 4.79 Å². The molecule has 1 aromatic heterocycles. The van der Waals surface area contributed by atoms with Gasteiger partial charge in [0.2, 0.25) is 5.91 Å². The van der Waals surface area contributed by atoms with Gasteiger partial charge in [-0.1, -0.05) is 54.6 Å². The monoisotopic (exact) mass is 293 g/mol. The number of rotatable bonds is 4. The van der Waals surface area contributed by atoms with Crippen molar-refractivity contribution in [1.29, 1.82) is 0 Å². The quantitative estimate of drug-likeness (QED) is 0.748. The first kappa shape index (κ1) is 13.6. The highest BCUT2D eigenvalue weighted by molar-refractivity contribution is 7.08. The lowest BCUT2D eigenvalue weighted by atomic mass is 10.0. The van der Waals surface area contributed by atoms with Crippen LogP contribution in [0.5, 0.6) is 0 Å². The largest absolute Gasteiger partial charge is 0.325 e. The molecule has 21 heavy (non-hydrogen) atoms. The highest BCUT2D eigenvalue weighted by Crippen LogP contribution is 2.19. The summed E-state index contributed by atoms with van der Waals surface area (Å²) in [6.07, 6.45) is 0.394. The average Bonchev–Trinajstić information content (AvgIpc) is 3.02. The topological polar surface area (TPSA) is 29.1 Å². The highest BCUT2D eigenvalue weighted by Gasteiger charge is 2.05. The molecule has 0 saturated heterocycles. The Labute approximate surface area is 128 Å². The second kappa shape index (κ2) is 6.37. The van der Waals surface area contributed by atoms with Gasteiger partial charge in [-0.15, -0.1) is 0 Å². The lowest BCUT2D eigenvalue weighted by Gasteiger charge is -2.05. The fraction of sp³-hybridized carbons (Fsp3) is 0.0556. The first-order valence-corrected chi connectivity index (χ1v) is 7.72. The lowest BCUT2D eigenvalue weighted by molar-refractivity contribution is -0.115. The van der Waals surface area contributed by atoms with Gasteiger partial charge in [-0.2, -0.15) is 11.3 Å². The lowest BCUT2D eigenvalue weighted by Crippen LogP contribution is -2.13. The molecule has 2 aromatic carbocycles. The van der Waals surface area contributed by atoms with Crippen LogP contribution in [0.1, 0.15) is 5.56 Å². The Hall–Kier alpha value is -2.39. The summed E-state index contributed by atoms with van der Waals surface area (Å²) in [7, 11) is 0. The maximum atomic E-state index is 11.9. The van der Waals surface area contributed by atoms with Crippen molar-refractivity contribution in [3.63, 3.8) is 0 Å². The van der Waals surface area contributed by atoms with E-state index in [4.69, 9.17) is 0 Å². The minimum Gasteiger partial charge on any atom is -0.325 e. The second-order valence-electron chi connectivity index (χ2n) is 4.80. The van der Waals surface area contributed by atoms with Crippen molar-refractivity contribution in [2.45, 2.75) is 6.42 Å². The van der Waals surface area contributed by atoms with Gasteiger partial charge < -0.3 is 5.32 Å². The molecule has 0 aliphatic carbocycles. The number of nitrogens with one attached hydrogen (secondary N) is 1. The fourth-order valence-corrected chi connectivity index (χ4v) is 2.76. The molecule has 0 radical (unpaired) electrons. The zero-order valence-electron chi connectivity index (χ0n) is 11.5. The Kier molecular flexibility index (Phi) is 4.12. The first-order chi connectivity index (χ1) is 10.3. The number of amides is 1. The van der Waals surface area contributed by atoms with Gasteiger partial charge in [-0.05, 0) is 28.1 Å². The van der Waals surface area contributed by atoms with Crippen LogP contribution in [0.3, 0.4) is 0 Å². The third-order valence-electron chi connectivity index (χ3n) is 3.23. The van der Waals surface area contributed by atoms with E-state index >= 15 is 0 Å². The molecule has 3 heteroatoms. The third kappa shape index (κ3) is 3.58. The molecule has 0 spiro atoms. The van der Waals surface area contributed by atoms with E-state index in [0.717, 1.165) is 16.8 Å². The van der Waals surface area contributed by atoms with Crippen LogP contribution in [-0.4, -0.2) is 5.91 Å². The maximum Gasteiger partial charge on any atom is 0.228 e. The van der Waals surface area contributed by atoms with Crippen molar-refractivity contribution in [2.24, 2.45) is 0 Å². The van der Waals surface area contributed by atoms with Crippen molar-refractivity contribution >= 4 is 22.9 Å². The van der Waals surface area contributed by atoms with Crippen molar-refractivity contribution in [2.75, 3.05) is 5.32 Å². The summed E-state index contributed by atoms with van der Waals surface area (Å²) in [6.45, 7) is 0. The molecule has 0 aliphatic heterocycles. The molecule has 0 unspecified atom stereocenters.